The molecule has 380 valence electrons. The maximum absolute atomic E-state index is 7.60. The molecule has 1 unspecified atom stereocenters. The Morgan fingerprint density at radius 2 is 0.708 bits per heavy atom. The van der Waals surface area contributed by atoms with E-state index in [1.807, 2.05) is 0 Å². The first-order valence-corrected chi connectivity index (χ1v) is 38.0. The van der Waals surface area contributed by atoms with Gasteiger partial charge in [0.1, 0.15) is 0 Å². The molecule has 72 heavy (non-hydrogen) atoms. The lowest BCUT2D eigenvalue weighted by Gasteiger charge is -2.41. The van der Waals surface area contributed by atoms with Crippen LogP contribution in [-0.2, 0) is 5.41 Å². The van der Waals surface area contributed by atoms with Crippen LogP contribution in [0.4, 0.5) is 0 Å². The minimum absolute atomic E-state index is 0.00105. The quantitative estimate of drug-likeness (QED) is 0.0956. The minimum atomic E-state index is -2.38. The van der Waals surface area contributed by atoms with Gasteiger partial charge in [-0.1, -0.05) is 204 Å². The van der Waals surface area contributed by atoms with Crippen molar-refractivity contribution in [1.29, 1.82) is 0 Å². The van der Waals surface area contributed by atoms with Crippen molar-refractivity contribution in [2.45, 2.75) is 167 Å². The smallest absolute Gasteiger partial charge is 0.250 e. The predicted molar refractivity (Wildman–Crippen MR) is 323 cm³/mol. The molecular weight excluding hydrogens is 945 g/mol. The second-order valence-corrected chi connectivity index (χ2v) is 45.8. The van der Waals surface area contributed by atoms with Crippen LogP contribution in [0.15, 0.2) is 133 Å². The van der Waals surface area contributed by atoms with Crippen LogP contribution in [0.5, 0.6) is 23.0 Å². The van der Waals surface area contributed by atoms with Crippen molar-refractivity contribution in [3.8, 4) is 23.0 Å². The summed E-state index contributed by atoms with van der Waals surface area (Å²) in [7, 11) is -9.35. The van der Waals surface area contributed by atoms with Gasteiger partial charge >= 0.3 is 0 Å². The Balaban J connectivity index is 1.34. The van der Waals surface area contributed by atoms with Crippen LogP contribution in [0.1, 0.15) is 106 Å². The molecular formula is C64H84O4Si4. The predicted octanol–water partition coefficient (Wildman–Crippen LogP) is 20.2. The van der Waals surface area contributed by atoms with E-state index in [4.69, 9.17) is 17.7 Å². The maximum atomic E-state index is 7.60. The molecule has 0 N–H and O–H groups in total. The number of benzene rings is 7. The van der Waals surface area contributed by atoms with Gasteiger partial charge in [0.15, 0.2) is 23.0 Å². The van der Waals surface area contributed by atoms with Crippen molar-refractivity contribution >= 4 is 81.9 Å². The number of fused-ring (bicyclic) bond motifs is 6. The van der Waals surface area contributed by atoms with E-state index < -0.39 is 38.7 Å². The summed E-state index contributed by atoms with van der Waals surface area (Å²) >= 11 is 0. The summed E-state index contributed by atoms with van der Waals surface area (Å²) in [5.41, 5.74) is 4.39. The third-order valence-electron chi connectivity index (χ3n) is 17.8. The van der Waals surface area contributed by atoms with Crippen LogP contribution < -0.4 is 17.7 Å². The third kappa shape index (κ3) is 9.59. The van der Waals surface area contributed by atoms with E-state index in [2.05, 4.69) is 269 Å². The van der Waals surface area contributed by atoms with Crippen molar-refractivity contribution in [3.05, 3.63) is 150 Å². The lowest BCUT2D eigenvalue weighted by atomic mass is 9.69. The van der Waals surface area contributed by atoms with Gasteiger partial charge in [-0.3, -0.25) is 0 Å². The molecule has 4 nitrogen and oxygen atoms in total. The molecule has 0 saturated carbocycles. The van der Waals surface area contributed by atoms with Crippen LogP contribution in [0.3, 0.4) is 0 Å². The molecule has 7 aromatic carbocycles. The Bertz CT molecular complexity index is 3260. The molecule has 0 fully saturated rings. The van der Waals surface area contributed by atoms with E-state index in [-0.39, 0.29) is 20.2 Å². The van der Waals surface area contributed by atoms with Crippen LogP contribution in [0, 0.1) is 0 Å². The standard InChI is InChI=1S/C64H84O4Si4/c1-60(2,3)69(13,14)65-56-52-32-26-24-30-48(52)50-36-34-45(42-54(50)58(56)67-71(17,18)62(7,8)9)44-38-40-64(41-39-44,46-28-22-21-23-29-46)47-35-37-51-49-31-25-27-33-53(49)57(66-70(15,16)61(4,5)6)59(55(51)43-47)68-72(19,20)63(10,11)12/h21-40,42-43H,41H2,1-20H3. The van der Waals surface area contributed by atoms with Crippen molar-refractivity contribution < 1.29 is 17.7 Å². The fraction of sp³-hybridized carbons (Fsp3) is 0.406. The summed E-state index contributed by atoms with van der Waals surface area (Å²) in [6.07, 6.45) is 8.06. The molecule has 7 aromatic rings. The molecule has 0 aromatic heterocycles. The topological polar surface area (TPSA) is 36.9 Å². The van der Waals surface area contributed by atoms with Crippen LogP contribution in [-0.4, -0.2) is 33.3 Å². The molecule has 0 amide bonds. The fourth-order valence-electron chi connectivity index (χ4n) is 8.93. The molecule has 0 aliphatic heterocycles. The third-order valence-corrected chi connectivity index (χ3v) is 35.2. The van der Waals surface area contributed by atoms with Crippen molar-refractivity contribution in [1.82, 2.24) is 0 Å². The van der Waals surface area contributed by atoms with Crippen molar-refractivity contribution in [3.63, 3.8) is 0 Å². The molecule has 8 heteroatoms. The zero-order chi connectivity index (χ0) is 52.8. The normalized spacial score (nSPS) is 16.6. The van der Waals surface area contributed by atoms with Gasteiger partial charge in [-0.2, -0.15) is 0 Å². The highest BCUT2D eigenvalue weighted by Gasteiger charge is 2.45. The first-order chi connectivity index (χ1) is 33.2. The molecule has 0 bridgehead atoms. The summed E-state index contributed by atoms with van der Waals surface area (Å²) in [5.74, 6) is 3.55. The summed E-state index contributed by atoms with van der Waals surface area (Å²) in [6, 6.07) is 42.7. The summed E-state index contributed by atoms with van der Waals surface area (Å²) < 4.78 is 30.0. The van der Waals surface area contributed by atoms with E-state index >= 15 is 0 Å². The zero-order valence-electron chi connectivity index (χ0n) is 47.5. The summed E-state index contributed by atoms with van der Waals surface area (Å²) in [6.45, 7) is 46.6. The van der Waals surface area contributed by atoms with E-state index in [9.17, 15) is 0 Å². The lowest BCUT2D eigenvalue weighted by Crippen LogP contribution is -2.45. The second kappa shape index (κ2) is 18.2. The molecule has 1 aliphatic rings. The van der Waals surface area contributed by atoms with Crippen LogP contribution >= 0.6 is 0 Å². The average Bonchev–Trinajstić information content (AvgIpc) is 3.29. The summed E-state index contributed by atoms with van der Waals surface area (Å²) in [5, 5.41) is 9.12. The van der Waals surface area contributed by atoms with E-state index in [0.717, 1.165) is 56.5 Å². The zero-order valence-corrected chi connectivity index (χ0v) is 51.5. The SMILES string of the molecule is CC(C)(C)[Si](C)(C)Oc1c(O[Si](C)(C)C(C)(C)C)c2cc(C3=CCC(c4ccccc4)(c4ccc5c(c4)c(O[Si](C)(C)C(C)(C)C)c(O[Si](C)(C)C(C)(C)C)c4ccccc45)C=C3)ccc2c2ccccc12. The molecule has 0 heterocycles. The van der Waals surface area contributed by atoms with Crippen molar-refractivity contribution in [2.75, 3.05) is 0 Å². The van der Waals surface area contributed by atoms with Gasteiger partial charge in [0.25, 0.3) is 33.3 Å². The van der Waals surface area contributed by atoms with Gasteiger partial charge in [0, 0.05) is 27.0 Å². The van der Waals surface area contributed by atoms with Gasteiger partial charge in [0.2, 0.25) is 0 Å². The molecule has 8 rings (SSSR count). The number of allylic oxidation sites excluding steroid dienone is 4. The number of hydrogen-bond acceptors (Lipinski definition) is 4. The second-order valence-electron chi connectivity index (χ2n) is 26.9. The Morgan fingerprint density at radius 3 is 1.10 bits per heavy atom. The van der Waals surface area contributed by atoms with Gasteiger partial charge in [-0.25, -0.2) is 0 Å². The number of rotatable bonds is 11. The van der Waals surface area contributed by atoms with Gasteiger partial charge in [0.05, 0.1) is 0 Å². The average molecular weight is 1030 g/mol. The number of hydrogen-bond donors (Lipinski definition) is 0. The molecule has 0 radical (unpaired) electrons. The van der Waals surface area contributed by atoms with Gasteiger partial charge in [-0.15, -0.1) is 0 Å². The fourth-order valence-corrected chi connectivity index (χ4v) is 13.0. The Morgan fingerprint density at radius 1 is 0.361 bits per heavy atom. The highest BCUT2D eigenvalue weighted by Crippen LogP contribution is 2.54. The lowest BCUT2D eigenvalue weighted by molar-refractivity contribution is 0.447. The largest absolute Gasteiger partial charge is 0.541 e. The van der Waals surface area contributed by atoms with E-state index in [1.54, 1.807) is 0 Å². The molecule has 0 saturated heterocycles. The van der Waals surface area contributed by atoms with Crippen LogP contribution in [0.2, 0.25) is 72.5 Å². The van der Waals surface area contributed by atoms with Crippen molar-refractivity contribution in [2.24, 2.45) is 0 Å². The molecule has 1 aliphatic carbocycles. The summed E-state index contributed by atoms with van der Waals surface area (Å²) in [4.78, 5) is 0. The van der Waals surface area contributed by atoms with E-state index in [1.165, 1.54) is 38.2 Å². The van der Waals surface area contributed by atoms with E-state index in [0.29, 0.717) is 0 Å². The minimum Gasteiger partial charge on any atom is -0.541 e. The van der Waals surface area contributed by atoms with Crippen LogP contribution in [0.25, 0.3) is 48.7 Å². The Labute approximate surface area is 437 Å². The highest BCUT2D eigenvalue weighted by atomic mass is 28.4. The monoisotopic (exact) mass is 1030 g/mol. The first kappa shape index (κ1) is 53.4. The molecule has 0 spiro atoms. The Kier molecular flexibility index (Phi) is 13.5. The first-order valence-electron chi connectivity index (χ1n) is 26.4. The molecule has 1 atom stereocenters. The maximum Gasteiger partial charge on any atom is 0.250 e. The Hall–Kier alpha value is -4.87. The van der Waals surface area contributed by atoms with Gasteiger partial charge in [-0.05, 0) is 135 Å². The van der Waals surface area contributed by atoms with Gasteiger partial charge < -0.3 is 17.7 Å². The highest BCUT2D eigenvalue weighted by molar-refractivity contribution is 6.76.